The number of piperidine rings is 1. The van der Waals surface area contributed by atoms with Gasteiger partial charge in [-0.2, -0.15) is 9.40 Å². The Morgan fingerprint density at radius 3 is 2.59 bits per heavy atom. The molecular weight excluding hydrogens is 428 g/mol. The lowest BCUT2D eigenvalue weighted by molar-refractivity contribution is 0.102. The number of nitrogens with zero attached hydrogens (tertiary/aromatic N) is 2. The Morgan fingerprint density at radius 1 is 1.09 bits per heavy atom. The first-order valence-electron chi connectivity index (χ1n) is 10.5. The molecule has 1 saturated heterocycles. The Hall–Kier alpha value is -3.17. The number of amides is 1. The molecule has 1 aliphatic heterocycles. The van der Waals surface area contributed by atoms with Gasteiger partial charge in [-0.15, -0.1) is 0 Å². The van der Waals surface area contributed by atoms with Crippen molar-refractivity contribution in [3.8, 4) is 17.0 Å². The fourth-order valence-corrected chi connectivity index (χ4v) is 5.49. The molecule has 2 heterocycles. The monoisotopic (exact) mass is 454 g/mol. The van der Waals surface area contributed by atoms with Crippen LogP contribution >= 0.6 is 0 Å². The molecule has 3 aromatic rings. The van der Waals surface area contributed by atoms with Crippen molar-refractivity contribution in [3.05, 3.63) is 59.8 Å². The molecule has 2 aromatic carbocycles. The summed E-state index contributed by atoms with van der Waals surface area (Å²) in [6, 6.07) is 14.0. The molecule has 168 valence electrons. The number of carbonyl (C=O) groups excluding carboxylic acids is 1. The Bertz CT molecular complexity index is 1230. The summed E-state index contributed by atoms with van der Waals surface area (Å²) in [6.07, 6.45) is 2.73. The van der Waals surface area contributed by atoms with Gasteiger partial charge in [0, 0.05) is 24.3 Å². The maximum atomic E-state index is 13.2. The zero-order chi connectivity index (χ0) is 22.7. The van der Waals surface area contributed by atoms with Crippen molar-refractivity contribution in [1.29, 1.82) is 0 Å². The number of anilines is 1. The van der Waals surface area contributed by atoms with Gasteiger partial charge in [0.1, 0.15) is 16.3 Å². The van der Waals surface area contributed by atoms with Crippen LogP contribution in [0.2, 0.25) is 0 Å². The minimum Gasteiger partial charge on any atom is -0.495 e. The SMILES string of the molecule is COc1ccc(-c2cc(C(=O)Nc3cccc(C)c3)[nH]n2)cc1S(=O)(=O)N1CCCCC1. The van der Waals surface area contributed by atoms with Crippen molar-refractivity contribution >= 4 is 21.6 Å². The van der Waals surface area contributed by atoms with E-state index in [1.807, 2.05) is 31.2 Å². The van der Waals surface area contributed by atoms with Crippen LogP contribution in [0.4, 0.5) is 5.69 Å². The molecule has 0 unspecified atom stereocenters. The number of carbonyl (C=O) groups is 1. The van der Waals surface area contributed by atoms with Gasteiger partial charge in [0.2, 0.25) is 10.0 Å². The number of methoxy groups -OCH3 is 1. The number of H-pyrrole nitrogens is 1. The van der Waals surface area contributed by atoms with Crippen LogP contribution in [0.3, 0.4) is 0 Å². The van der Waals surface area contributed by atoms with Crippen LogP contribution in [0.25, 0.3) is 11.3 Å². The Morgan fingerprint density at radius 2 is 1.88 bits per heavy atom. The molecule has 1 aliphatic rings. The average Bonchev–Trinajstić information content (AvgIpc) is 3.30. The highest BCUT2D eigenvalue weighted by Crippen LogP contribution is 2.32. The quantitative estimate of drug-likeness (QED) is 0.589. The lowest BCUT2D eigenvalue weighted by Gasteiger charge is -2.26. The van der Waals surface area contributed by atoms with Crippen LogP contribution < -0.4 is 10.1 Å². The highest BCUT2D eigenvalue weighted by atomic mass is 32.2. The van der Waals surface area contributed by atoms with E-state index in [2.05, 4.69) is 15.5 Å². The summed E-state index contributed by atoms with van der Waals surface area (Å²) >= 11 is 0. The highest BCUT2D eigenvalue weighted by molar-refractivity contribution is 7.89. The lowest BCUT2D eigenvalue weighted by Crippen LogP contribution is -2.35. The van der Waals surface area contributed by atoms with E-state index in [0.29, 0.717) is 30.0 Å². The number of aryl methyl sites for hydroxylation is 1. The first-order chi connectivity index (χ1) is 15.4. The fourth-order valence-electron chi connectivity index (χ4n) is 3.79. The van der Waals surface area contributed by atoms with E-state index < -0.39 is 10.0 Å². The summed E-state index contributed by atoms with van der Waals surface area (Å²) in [6.45, 7) is 2.95. The van der Waals surface area contributed by atoms with E-state index in [1.165, 1.54) is 11.4 Å². The molecule has 1 fully saturated rings. The fraction of sp³-hybridized carbons (Fsp3) is 0.304. The third-order valence-electron chi connectivity index (χ3n) is 5.49. The van der Waals surface area contributed by atoms with Gasteiger partial charge in [0.25, 0.3) is 5.91 Å². The predicted molar refractivity (Wildman–Crippen MR) is 122 cm³/mol. The molecule has 32 heavy (non-hydrogen) atoms. The maximum absolute atomic E-state index is 13.2. The van der Waals surface area contributed by atoms with Gasteiger partial charge in [-0.05, 0) is 61.7 Å². The second kappa shape index (κ2) is 9.13. The molecule has 8 nitrogen and oxygen atoms in total. The lowest BCUT2D eigenvalue weighted by atomic mass is 10.1. The van der Waals surface area contributed by atoms with Gasteiger partial charge in [0.05, 0.1) is 12.8 Å². The molecule has 0 aliphatic carbocycles. The third-order valence-corrected chi connectivity index (χ3v) is 7.41. The van der Waals surface area contributed by atoms with E-state index in [9.17, 15) is 13.2 Å². The molecule has 9 heteroatoms. The number of rotatable bonds is 6. The molecule has 0 atom stereocenters. The zero-order valence-corrected chi connectivity index (χ0v) is 18.9. The third kappa shape index (κ3) is 4.53. The Kier molecular flexibility index (Phi) is 6.29. The number of hydrogen-bond donors (Lipinski definition) is 2. The van der Waals surface area contributed by atoms with Gasteiger partial charge in [0.15, 0.2) is 0 Å². The molecule has 2 N–H and O–H groups in total. The zero-order valence-electron chi connectivity index (χ0n) is 18.1. The van der Waals surface area contributed by atoms with Crippen LogP contribution in [0.5, 0.6) is 5.75 Å². The molecule has 0 bridgehead atoms. The number of aromatic amines is 1. The molecule has 0 saturated carbocycles. The van der Waals surface area contributed by atoms with Crippen molar-refractivity contribution < 1.29 is 17.9 Å². The molecule has 4 rings (SSSR count). The molecule has 1 amide bonds. The summed E-state index contributed by atoms with van der Waals surface area (Å²) in [5.74, 6) is -0.0451. The van der Waals surface area contributed by atoms with Crippen molar-refractivity contribution in [3.63, 3.8) is 0 Å². The number of nitrogens with one attached hydrogen (secondary N) is 2. The van der Waals surface area contributed by atoms with Crippen LogP contribution in [0, 0.1) is 6.92 Å². The number of ether oxygens (including phenoxy) is 1. The summed E-state index contributed by atoms with van der Waals surface area (Å²) in [4.78, 5) is 12.7. The second-order valence-electron chi connectivity index (χ2n) is 7.82. The molecule has 1 aromatic heterocycles. The van der Waals surface area contributed by atoms with Crippen molar-refractivity contribution in [2.45, 2.75) is 31.1 Å². The van der Waals surface area contributed by atoms with E-state index in [4.69, 9.17) is 4.74 Å². The highest BCUT2D eigenvalue weighted by Gasteiger charge is 2.29. The van der Waals surface area contributed by atoms with Crippen LogP contribution in [0.1, 0.15) is 35.3 Å². The first-order valence-corrected chi connectivity index (χ1v) is 11.9. The number of sulfonamides is 1. The normalized spacial score (nSPS) is 14.8. The largest absolute Gasteiger partial charge is 0.495 e. The van der Waals surface area contributed by atoms with Crippen LogP contribution in [0.15, 0.2) is 53.4 Å². The van der Waals surface area contributed by atoms with Crippen LogP contribution in [-0.4, -0.2) is 49.0 Å². The second-order valence-corrected chi connectivity index (χ2v) is 9.73. The standard InChI is InChI=1S/C23H26N4O4S/c1-16-7-6-8-18(13-16)24-23(28)20-15-19(25-26-20)17-9-10-21(31-2)22(14-17)32(29,30)27-11-4-3-5-12-27/h6-10,13-15H,3-5,11-12H2,1-2H3,(H,24,28)(H,25,26). The smallest absolute Gasteiger partial charge is 0.273 e. The van der Waals surface area contributed by atoms with E-state index in [-0.39, 0.29) is 22.2 Å². The van der Waals surface area contributed by atoms with Crippen LogP contribution in [-0.2, 0) is 10.0 Å². The molecular formula is C23H26N4O4S. The van der Waals surface area contributed by atoms with Crippen molar-refractivity contribution in [2.24, 2.45) is 0 Å². The van der Waals surface area contributed by atoms with Gasteiger partial charge < -0.3 is 10.1 Å². The summed E-state index contributed by atoms with van der Waals surface area (Å²) in [5.41, 5.74) is 3.04. The van der Waals surface area contributed by atoms with E-state index in [0.717, 1.165) is 24.8 Å². The summed E-state index contributed by atoms with van der Waals surface area (Å²) in [7, 11) is -2.25. The first kappa shape index (κ1) is 22.0. The van der Waals surface area contributed by atoms with Crippen molar-refractivity contribution in [1.82, 2.24) is 14.5 Å². The predicted octanol–water partition coefficient (Wildman–Crippen LogP) is 3.82. The van der Waals surface area contributed by atoms with Gasteiger partial charge in [-0.3, -0.25) is 9.89 Å². The average molecular weight is 455 g/mol. The number of aromatic nitrogens is 2. The maximum Gasteiger partial charge on any atom is 0.273 e. The molecule has 0 radical (unpaired) electrons. The summed E-state index contributed by atoms with van der Waals surface area (Å²) < 4.78 is 33.3. The Labute approximate surface area is 187 Å². The van der Waals surface area contributed by atoms with Crippen molar-refractivity contribution in [2.75, 3.05) is 25.5 Å². The minimum absolute atomic E-state index is 0.105. The minimum atomic E-state index is -3.70. The summed E-state index contributed by atoms with van der Waals surface area (Å²) in [5, 5.41) is 9.79. The Balaban J connectivity index is 1.61. The van der Waals surface area contributed by atoms with E-state index in [1.54, 1.807) is 24.3 Å². The topological polar surface area (TPSA) is 104 Å². The van der Waals surface area contributed by atoms with Gasteiger partial charge >= 0.3 is 0 Å². The van der Waals surface area contributed by atoms with Gasteiger partial charge in [-0.25, -0.2) is 8.42 Å². The number of hydrogen-bond acceptors (Lipinski definition) is 5. The molecule has 0 spiro atoms. The number of benzene rings is 2. The van der Waals surface area contributed by atoms with E-state index >= 15 is 0 Å². The van der Waals surface area contributed by atoms with Gasteiger partial charge in [-0.1, -0.05) is 18.6 Å².